The molecule has 1 aliphatic rings. The summed E-state index contributed by atoms with van der Waals surface area (Å²) in [5, 5.41) is 10.6. The molecule has 0 bridgehead atoms. The van der Waals surface area contributed by atoms with E-state index < -0.39 is 5.82 Å². The van der Waals surface area contributed by atoms with Crippen molar-refractivity contribution in [3.05, 3.63) is 105 Å². The zero-order valence-electron chi connectivity index (χ0n) is 21.1. The summed E-state index contributed by atoms with van der Waals surface area (Å²) in [7, 11) is 1.40. The maximum atomic E-state index is 14.5. The first-order valence-electron chi connectivity index (χ1n) is 12.0. The van der Waals surface area contributed by atoms with Gasteiger partial charge in [0.15, 0.2) is 17.4 Å². The van der Waals surface area contributed by atoms with Gasteiger partial charge in [-0.05, 0) is 43.5 Å². The first kappa shape index (κ1) is 25.7. The van der Waals surface area contributed by atoms with Crippen LogP contribution in [0.4, 0.5) is 10.2 Å². The summed E-state index contributed by atoms with van der Waals surface area (Å²) in [5.74, 6) is -0.265. The van der Waals surface area contributed by atoms with E-state index >= 15 is 0 Å². The molecule has 1 amide bonds. The number of nitrogens with zero attached hydrogens (tertiary/aromatic N) is 3. The van der Waals surface area contributed by atoms with Crippen LogP contribution >= 0.6 is 0 Å². The fraction of sp³-hybridized carbons (Fsp3) is 0.250. The van der Waals surface area contributed by atoms with Crippen molar-refractivity contribution in [2.24, 2.45) is 0 Å². The van der Waals surface area contributed by atoms with Gasteiger partial charge in [0.2, 0.25) is 0 Å². The van der Waals surface area contributed by atoms with Crippen molar-refractivity contribution in [3.63, 3.8) is 0 Å². The lowest BCUT2D eigenvalue weighted by Gasteiger charge is -2.11. The van der Waals surface area contributed by atoms with E-state index in [4.69, 9.17) is 4.74 Å². The van der Waals surface area contributed by atoms with Gasteiger partial charge in [-0.1, -0.05) is 36.4 Å². The molecule has 2 N–H and O–H groups in total. The van der Waals surface area contributed by atoms with Crippen molar-refractivity contribution in [2.75, 3.05) is 12.4 Å². The van der Waals surface area contributed by atoms with Gasteiger partial charge in [0.05, 0.1) is 13.7 Å². The molecule has 0 spiro atoms. The van der Waals surface area contributed by atoms with Crippen molar-refractivity contribution in [1.29, 1.82) is 0 Å². The van der Waals surface area contributed by atoms with Gasteiger partial charge in [-0.15, -0.1) is 0 Å². The molecule has 2 aromatic heterocycles. The number of ether oxygens (including phenoxy) is 1. The number of anilines is 1. The van der Waals surface area contributed by atoms with Crippen LogP contribution in [0.2, 0.25) is 0 Å². The third-order valence-corrected chi connectivity index (χ3v) is 5.75. The van der Waals surface area contributed by atoms with E-state index in [0.29, 0.717) is 29.9 Å². The molecular weight excluding hydrogens is 473 g/mol. The van der Waals surface area contributed by atoms with Crippen LogP contribution in [0.25, 0.3) is 6.20 Å². The predicted octanol–water partition coefficient (Wildman–Crippen LogP) is 4.37. The second-order valence-corrected chi connectivity index (χ2v) is 8.97. The summed E-state index contributed by atoms with van der Waals surface area (Å²) in [6, 6.07) is 9.92. The quantitative estimate of drug-likeness (QED) is 0.453. The summed E-state index contributed by atoms with van der Waals surface area (Å²) in [6.45, 7) is 4.41. The number of hydrogen-bond donors (Lipinski definition) is 2. The molecule has 192 valence electrons. The second kappa shape index (κ2) is 11.6. The molecule has 3 aromatic rings. The third kappa shape index (κ3) is 6.43. The van der Waals surface area contributed by atoms with Crippen LogP contribution in [0.5, 0.6) is 5.75 Å². The third-order valence-electron chi connectivity index (χ3n) is 5.75. The smallest absolute Gasteiger partial charge is 0.256 e. The highest BCUT2D eigenvalue weighted by molar-refractivity contribution is 5.98. The summed E-state index contributed by atoms with van der Waals surface area (Å²) < 4.78 is 22.7. The molecule has 0 unspecified atom stereocenters. The standard InChI is InChI=1S/C28H30FN5O3/c1-19(2)31-27-23(28(36)30-15-22-7-6-8-24(37-3)26(22)29)18-34(32-27)17-21-12-10-20(11-13-21)16-33-14-5-4-9-25(33)35/h4-10,12-14,16,18-19H,11,15,17H2,1-3H3,(H,30,36)(H,31,32). The van der Waals surface area contributed by atoms with E-state index in [1.807, 2.05) is 38.3 Å². The van der Waals surface area contributed by atoms with E-state index in [1.165, 1.54) is 19.2 Å². The van der Waals surface area contributed by atoms with Crippen LogP contribution in [0.15, 0.2) is 83.0 Å². The molecule has 37 heavy (non-hydrogen) atoms. The molecule has 9 heteroatoms. The van der Waals surface area contributed by atoms with E-state index in [9.17, 15) is 14.0 Å². The number of carbonyl (C=O) groups is 1. The summed E-state index contributed by atoms with van der Waals surface area (Å²) in [4.78, 5) is 25.0. The molecule has 2 heterocycles. The highest BCUT2D eigenvalue weighted by Gasteiger charge is 2.19. The highest BCUT2D eigenvalue weighted by Crippen LogP contribution is 2.22. The molecule has 0 aliphatic heterocycles. The van der Waals surface area contributed by atoms with Crippen molar-refractivity contribution in [2.45, 2.75) is 39.4 Å². The number of hydrogen-bond acceptors (Lipinski definition) is 5. The topological polar surface area (TPSA) is 90.2 Å². The van der Waals surface area contributed by atoms with Crippen LogP contribution in [0, 0.1) is 5.82 Å². The molecule has 1 aromatic carbocycles. The second-order valence-electron chi connectivity index (χ2n) is 8.97. The Morgan fingerprint density at radius 1 is 1.22 bits per heavy atom. The maximum absolute atomic E-state index is 14.5. The molecule has 0 radical (unpaired) electrons. The normalized spacial score (nSPS) is 14.1. The summed E-state index contributed by atoms with van der Waals surface area (Å²) >= 11 is 0. The van der Waals surface area contributed by atoms with Gasteiger partial charge in [-0.3, -0.25) is 18.8 Å². The first-order valence-corrected chi connectivity index (χ1v) is 12.0. The van der Waals surface area contributed by atoms with Crippen molar-refractivity contribution in [3.8, 4) is 5.75 Å². The molecule has 0 atom stereocenters. The average Bonchev–Trinajstić information content (AvgIpc) is 3.27. The predicted molar refractivity (Wildman–Crippen MR) is 142 cm³/mol. The minimum atomic E-state index is -0.497. The van der Waals surface area contributed by atoms with Gasteiger partial charge in [0, 0.05) is 42.8 Å². The largest absolute Gasteiger partial charge is 0.494 e. The molecular formula is C28H30FN5O3. The van der Waals surface area contributed by atoms with Crippen LogP contribution in [0.1, 0.15) is 36.2 Å². The molecule has 8 nitrogen and oxygen atoms in total. The van der Waals surface area contributed by atoms with Gasteiger partial charge in [0.1, 0.15) is 5.56 Å². The molecule has 4 rings (SSSR count). The molecule has 1 aliphatic carbocycles. The van der Waals surface area contributed by atoms with E-state index in [0.717, 1.165) is 11.1 Å². The first-order chi connectivity index (χ1) is 17.8. The summed E-state index contributed by atoms with van der Waals surface area (Å²) in [6.07, 6.45) is 11.9. The number of carbonyl (C=O) groups excluding carboxylic acids is 1. The zero-order valence-corrected chi connectivity index (χ0v) is 21.1. The van der Waals surface area contributed by atoms with Crippen LogP contribution in [-0.4, -0.2) is 33.4 Å². The minimum absolute atomic E-state index is 0.0155. The number of allylic oxidation sites excluding steroid dienone is 5. The number of pyridine rings is 1. The Bertz CT molecular complexity index is 1430. The fourth-order valence-electron chi connectivity index (χ4n) is 3.89. The number of rotatable bonds is 9. The lowest BCUT2D eigenvalue weighted by atomic mass is 10.0. The van der Waals surface area contributed by atoms with Crippen LogP contribution < -0.4 is 20.9 Å². The molecule has 0 fully saturated rings. The Hall–Kier alpha value is -4.40. The number of benzene rings is 1. The maximum Gasteiger partial charge on any atom is 0.256 e. The molecule has 0 saturated carbocycles. The Labute approximate surface area is 214 Å². The highest BCUT2D eigenvalue weighted by atomic mass is 19.1. The Balaban J connectivity index is 1.46. The number of amides is 1. The van der Waals surface area contributed by atoms with Crippen molar-refractivity contribution >= 4 is 17.9 Å². The SMILES string of the molecule is COc1cccc(CNC(=O)c2cn(CC3=CCC(=Cn4ccccc4=O)C=C3)nc2NC(C)C)c1F. The number of methoxy groups -OCH3 is 1. The van der Waals surface area contributed by atoms with Gasteiger partial charge in [-0.25, -0.2) is 4.39 Å². The zero-order chi connectivity index (χ0) is 26.4. The van der Waals surface area contributed by atoms with Gasteiger partial charge in [0.25, 0.3) is 11.5 Å². The van der Waals surface area contributed by atoms with Gasteiger partial charge < -0.3 is 15.4 Å². The van der Waals surface area contributed by atoms with E-state index in [1.54, 1.807) is 39.8 Å². The van der Waals surface area contributed by atoms with E-state index in [-0.39, 0.29) is 29.8 Å². The number of halogens is 1. The van der Waals surface area contributed by atoms with Gasteiger partial charge >= 0.3 is 0 Å². The Morgan fingerprint density at radius 2 is 2.05 bits per heavy atom. The van der Waals surface area contributed by atoms with Crippen molar-refractivity contribution < 1.29 is 13.9 Å². The van der Waals surface area contributed by atoms with Gasteiger partial charge in [-0.2, -0.15) is 5.10 Å². The Kier molecular flexibility index (Phi) is 8.02. The lowest BCUT2D eigenvalue weighted by molar-refractivity contribution is 0.0951. The lowest BCUT2D eigenvalue weighted by Crippen LogP contribution is -2.24. The number of aromatic nitrogens is 3. The minimum Gasteiger partial charge on any atom is -0.494 e. The Morgan fingerprint density at radius 3 is 2.76 bits per heavy atom. The molecule has 0 saturated heterocycles. The van der Waals surface area contributed by atoms with Crippen molar-refractivity contribution in [1.82, 2.24) is 19.7 Å². The fourth-order valence-corrected chi connectivity index (χ4v) is 3.89. The summed E-state index contributed by atoms with van der Waals surface area (Å²) in [5.41, 5.74) is 2.66. The monoisotopic (exact) mass is 503 g/mol. The average molecular weight is 504 g/mol. The van der Waals surface area contributed by atoms with Crippen LogP contribution in [0.3, 0.4) is 0 Å². The van der Waals surface area contributed by atoms with E-state index in [2.05, 4.69) is 21.8 Å². The number of nitrogens with one attached hydrogen (secondary N) is 2. The van der Waals surface area contributed by atoms with Crippen LogP contribution in [-0.2, 0) is 13.1 Å².